The normalized spacial score (nSPS) is 24.5. The molecule has 1 amide bonds. The minimum Gasteiger partial charge on any atom is -0.384 e. The van der Waals surface area contributed by atoms with Gasteiger partial charge in [-0.15, -0.1) is 0 Å². The van der Waals surface area contributed by atoms with Crippen LogP contribution in [0, 0.1) is 5.92 Å². The first-order valence-electron chi connectivity index (χ1n) is 9.04. The van der Waals surface area contributed by atoms with Crippen molar-refractivity contribution in [3.63, 3.8) is 0 Å². The maximum absolute atomic E-state index is 13.1. The van der Waals surface area contributed by atoms with Gasteiger partial charge in [0.15, 0.2) is 0 Å². The van der Waals surface area contributed by atoms with E-state index in [2.05, 4.69) is 0 Å². The topological polar surface area (TPSA) is 32.8 Å². The summed E-state index contributed by atoms with van der Waals surface area (Å²) in [7, 11) is 1.66. The number of rotatable bonds is 6. The fourth-order valence-electron chi connectivity index (χ4n) is 3.81. The van der Waals surface area contributed by atoms with E-state index < -0.39 is 12.1 Å². The van der Waals surface area contributed by atoms with Crippen LogP contribution in [-0.4, -0.2) is 61.4 Å². The average Bonchev–Trinajstić information content (AvgIpc) is 3.41. The highest BCUT2D eigenvalue weighted by molar-refractivity contribution is 5.82. The van der Waals surface area contributed by atoms with E-state index in [1.165, 1.54) is 0 Å². The Balaban J connectivity index is 1.65. The summed E-state index contributed by atoms with van der Waals surface area (Å²) in [5, 5.41) is 0. The van der Waals surface area contributed by atoms with Crippen molar-refractivity contribution in [3.05, 3.63) is 35.9 Å². The summed E-state index contributed by atoms with van der Waals surface area (Å²) < 4.78 is 44.5. The van der Waals surface area contributed by atoms with Crippen LogP contribution in [0.4, 0.5) is 13.2 Å². The minimum atomic E-state index is -4.84. The maximum Gasteiger partial charge on any atom is 0.471 e. The number of hydrogen-bond donors (Lipinski definition) is 0. The second kappa shape index (κ2) is 7.96. The summed E-state index contributed by atoms with van der Waals surface area (Å²) in [5.74, 6) is -1.28. The zero-order valence-electron chi connectivity index (χ0n) is 14.9. The number of carbonyl (C=O) groups is 1. The molecule has 1 aromatic carbocycles. The van der Waals surface area contributed by atoms with Gasteiger partial charge in [0.05, 0.1) is 6.67 Å². The fourth-order valence-corrected chi connectivity index (χ4v) is 3.81. The number of ether oxygens (including phenoxy) is 1. The van der Waals surface area contributed by atoms with E-state index in [1.807, 2.05) is 35.2 Å². The minimum absolute atomic E-state index is 0.00599. The van der Waals surface area contributed by atoms with Crippen molar-refractivity contribution in [2.24, 2.45) is 5.92 Å². The van der Waals surface area contributed by atoms with Gasteiger partial charge in [-0.1, -0.05) is 30.3 Å². The lowest BCUT2D eigenvalue weighted by Gasteiger charge is -2.36. The van der Waals surface area contributed by atoms with Crippen LogP contribution in [0.25, 0.3) is 0 Å². The highest BCUT2D eigenvalue weighted by atomic mass is 19.4. The number of amides is 1. The van der Waals surface area contributed by atoms with Crippen LogP contribution >= 0.6 is 0 Å². The van der Waals surface area contributed by atoms with Crippen LogP contribution < -0.4 is 0 Å². The van der Waals surface area contributed by atoms with Crippen molar-refractivity contribution in [1.82, 2.24) is 9.80 Å². The van der Waals surface area contributed by atoms with Gasteiger partial charge in [-0.05, 0) is 30.7 Å². The smallest absolute Gasteiger partial charge is 0.384 e. The molecule has 1 aliphatic heterocycles. The molecule has 26 heavy (non-hydrogen) atoms. The van der Waals surface area contributed by atoms with Crippen molar-refractivity contribution >= 4 is 5.91 Å². The maximum atomic E-state index is 13.1. The summed E-state index contributed by atoms with van der Waals surface area (Å²) in [6.45, 7) is 2.11. The summed E-state index contributed by atoms with van der Waals surface area (Å²) in [4.78, 5) is 15.0. The molecule has 0 N–H and O–H groups in total. The number of carbonyl (C=O) groups excluding carboxylic acids is 1. The molecule has 7 heteroatoms. The van der Waals surface area contributed by atoms with E-state index in [0.717, 1.165) is 23.3 Å². The molecule has 2 aliphatic rings. The number of nitrogens with zero attached hydrogens (tertiary/aromatic N) is 2. The summed E-state index contributed by atoms with van der Waals surface area (Å²) in [6.07, 6.45) is -2.48. The van der Waals surface area contributed by atoms with Gasteiger partial charge in [-0.3, -0.25) is 9.69 Å². The molecule has 0 radical (unpaired) electrons. The van der Waals surface area contributed by atoms with Crippen LogP contribution in [0.1, 0.15) is 30.7 Å². The van der Waals surface area contributed by atoms with Gasteiger partial charge in [0.1, 0.15) is 0 Å². The molecule has 4 nitrogen and oxygen atoms in total. The molecule has 2 atom stereocenters. The zero-order chi connectivity index (χ0) is 18.7. The molecule has 0 bridgehead atoms. The van der Waals surface area contributed by atoms with Gasteiger partial charge in [0.25, 0.3) is 0 Å². The van der Waals surface area contributed by atoms with Crippen molar-refractivity contribution < 1.29 is 22.7 Å². The molecule has 0 aromatic heterocycles. The Bertz CT molecular complexity index is 601. The van der Waals surface area contributed by atoms with E-state index in [9.17, 15) is 18.0 Å². The predicted octanol–water partition coefficient (Wildman–Crippen LogP) is 3.25. The standard InChI is InChI=1S/C19H25F3N2O2/c1-26-12-14-7-9-23(10-8-14)13-24(18(25)19(20,21)22)17-11-16(17)15-5-3-2-4-6-15/h2-6,14,16-17H,7-13H2,1H3/t16-,17+/m0/s1. The highest BCUT2D eigenvalue weighted by Gasteiger charge is 2.52. The van der Waals surface area contributed by atoms with E-state index in [-0.39, 0.29) is 18.6 Å². The lowest BCUT2D eigenvalue weighted by molar-refractivity contribution is -0.188. The van der Waals surface area contributed by atoms with E-state index >= 15 is 0 Å². The molecule has 1 saturated heterocycles. The van der Waals surface area contributed by atoms with E-state index in [4.69, 9.17) is 4.74 Å². The molecule has 3 rings (SSSR count). The highest BCUT2D eigenvalue weighted by Crippen LogP contribution is 2.45. The fraction of sp³-hybridized carbons (Fsp3) is 0.632. The Labute approximate surface area is 151 Å². The van der Waals surface area contributed by atoms with Crippen LogP contribution in [0.2, 0.25) is 0 Å². The second-order valence-electron chi connectivity index (χ2n) is 7.25. The molecule has 1 saturated carbocycles. The first-order valence-corrected chi connectivity index (χ1v) is 9.04. The number of benzene rings is 1. The third-order valence-corrected chi connectivity index (χ3v) is 5.35. The van der Waals surface area contributed by atoms with E-state index in [1.54, 1.807) is 7.11 Å². The third kappa shape index (κ3) is 4.57. The van der Waals surface area contributed by atoms with Crippen LogP contribution in [-0.2, 0) is 9.53 Å². The van der Waals surface area contributed by atoms with E-state index in [0.29, 0.717) is 32.0 Å². The molecular weight excluding hydrogens is 345 g/mol. The van der Waals surface area contributed by atoms with Crippen molar-refractivity contribution in [1.29, 1.82) is 0 Å². The lowest BCUT2D eigenvalue weighted by atomic mass is 9.98. The Morgan fingerprint density at radius 2 is 1.88 bits per heavy atom. The monoisotopic (exact) mass is 370 g/mol. The Morgan fingerprint density at radius 1 is 1.23 bits per heavy atom. The molecule has 0 unspecified atom stereocenters. The van der Waals surface area contributed by atoms with Crippen molar-refractivity contribution in [2.75, 3.05) is 33.5 Å². The Hall–Kier alpha value is -1.60. The molecule has 2 fully saturated rings. The number of methoxy groups -OCH3 is 1. The SMILES string of the molecule is COCC1CCN(CN(C(=O)C(F)(F)F)[C@@H]2C[C@H]2c2ccccc2)CC1. The number of piperidine rings is 1. The van der Waals surface area contributed by atoms with Gasteiger partial charge in [0, 0.05) is 38.8 Å². The zero-order valence-corrected chi connectivity index (χ0v) is 14.9. The number of likely N-dealkylation sites (tertiary alicyclic amines) is 1. The molecule has 1 heterocycles. The summed E-state index contributed by atoms with van der Waals surface area (Å²) in [5.41, 5.74) is 0.997. The van der Waals surface area contributed by atoms with Crippen LogP contribution in [0.5, 0.6) is 0 Å². The van der Waals surface area contributed by atoms with Crippen LogP contribution in [0.3, 0.4) is 0 Å². The predicted molar refractivity (Wildman–Crippen MR) is 91.5 cm³/mol. The second-order valence-corrected chi connectivity index (χ2v) is 7.25. The van der Waals surface area contributed by atoms with Gasteiger partial charge >= 0.3 is 12.1 Å². The van der Waals surface area contributed by atoms with Crippen molar-refractivity contribution in [3.8, 4) is 0 Å². The van der Waals surface area contributed by atoms with Gasteiger partial charge < -0.3 is 9.64 Å². The van der Waals surface area contributed by atoms with Gasteiger partial charge in [-0.2, -0.15) is 13.2 Å². The molecule has 0 spiro atoms. The molecule has 1 aromatic rings. The Morgan fingerprint density at radius 3 is 2.46 bits per heavy atom. The first-order chi connectivity index (χ1) is 12.4. The molecular formula is C19H25F3N2O2. The summed E-state index contributed by atoms with van der Waals surface area (Å²) in [6, 6.07) is 9.09. The Kier molecular flexibility index (Phi) is 5.87. The quantitative estimate of drug-likeness (QED) is 0.771. The average molecular weight is 370 g/mol. The summed E-state index contributed by atoms with van der Waals surface area (Å²) >= 11 is 0. The van der Waals surface area contributed by atoms with Crippen molar-refractivity contribution in [2.45, 2.75) is 37.4 Å². The lowest BCUT2D eigenvalue weighted by Crippen LogP contribution is -2.50. The van der Waals surface area contributed by atoms with Crippen LogP contribution in [0.15, 0.2) is 30.3 Å². The number of hydrogen-bond acceptors (Lipinski definition) is 3. The number of alkyl halides is 3. The van der Waals surface area contributed by atoms with Gasteiger partial charge in [-0.25, -0.2) is 0 Å². The largest absolute Gasteiger partial charge is 0.471 e. The number of halogens is 3. The third-order valence-electron chi connectivity index (χ3n) is 5.35. The molecule has 1 aliphatic carbocycles. The molecule has 144 valence electrons. The van der Waals surface area contributed by atoms with Gasteiger partial charge in [0.2, 0.25) is 0 Å². The first kappa shape index (κ1) is 19.2.